The van der Waals surface area contributed by atoms with E-state index >= 15 is 0 Å². The molecule has 0 aliphatic rings. The van der Waals surface area contributed by atoms with Crippen molar-refractivity contribution >= 4 is 65.3 Å². The maximum atomic E-state index is 12.9. The Hall–Kier alpha value is -3.16. The van der Waals surface area contributed by atoms with E-state index in [1.807, 2.05) is 24.3 Å². The van der Waals surface area contributed by atoms with Gasteiger partial charge in [0, 0.05) is 15.7 Å². The van der Waals surface area contributed by atoms with Gasteiger partial charge in [-0.3, -0.25) is 4.79 Å². The van der Waals surface area contributed by atoms with E-state index in [0.717, 1.165) is 20.8 Å². The average molecular weight is 552 g/mol. The number of methoxy groups -OCH3 is 1. The van der Waals surface area contributed by atoms with Crippen LogP contribution in [0.2, 0.25) is 0 Å². The number of oxazole rings is 1. The predicted molar refractivity (Wildman–Crippen MR) is 133 cm³/mol. The molecule has 7 heteroatoms. The molecule has 0 saturated carbocycles. The maximum absolute atomic E-state index is 12.9. The highest BCUT2D eigenvalue weighted by Crippen LogP contribution is 2.34. The number of carbonyl (C=O) groups excluding carboxylic acids is 1. The Morgan fingerprint density at radius 2 is 1.78 bits per heavy atom. The second kappa shape index (κ2) is 8.41. The third kappa shape index (κ3) is 3.89. The summed E-state index contributed by atoms with van der Waals surface area (Å²) in [5.74, 6) is 0.708. The highest BCUT2D eigenvalue weighted by Gasteiger charge is 2.17. The van der Waals surface area contributed by atoms with E-state index in [1.54, 1.807) is 24.3 Å². The monoisotopic (exact) mass is 550 g/mol. The van der Waals surface area contributed by atoms with Crippen LogP contribution in [0, 0.1) is 0 Å². The fraction of sp³-hybridized carbons (Fsp3) is 0.0400. The average Bonchev–Trinajstić information content (AvgIpc) is 3.21. The number of rotatable bonds is 4. The van der Waals surface area contributed by atoms with Crippen LogP contribution in [-0.4, -0.2) is 18.0 Å². The van der Waals surface area contributed by atoms with Gasteiger partial charge in [0.2, 0.25) is 5.89 Å². The summed E-state index contributed by atoms with van der Waals surface area (Å²) in [5, 5.41) is 5.19. The second-order valence-electron chi connectivity index (χ2n) is 7.19. The van der Waals surface area contributed by atoms with Crippen molar-refractivity contribution in [3.05, 3.63) is 87.3 Å². The van der Waals surface area contributed by atoms with Crippen LogP contribution >= 0.6 is 31.9 Å². The Bertz CT molecular complexity index is 1490. The first kappa shape index (κ1) is 20.7. The van der Waals surface area contributed by atoms with Gasteiger partial charge in [0.1, 0.15) is 11.3 Å². The molecule has 0 aliphatic carbocycles. The fourth-order valence-electron chi connectivity index (χ4n) is 3.59. The molecule has 32 heavy (non-hydrogen) atoms. The van der Waals surface area contributed by atoms with Crippen LogP contribution in [0.25, 0.3) is 33.3 Å². The fourth-order valence-corrected chi connectivity index (χ4v) is 4.97. The van der Waals surface area contributed by atoms with Gasteiger partial charge in [0.05, 0.1) is 17.1 Å². The minimum atomic E-state index is -0.290. The third-order valence-corrected chi connectivity index (χ3v) is 6.15. The number of hydrogen-bond donors (Lipinski definition) is 1. The van der Waals surface area contributed by atoms with Crippen LogP contribution in [0.15, 0.2) is 86.2 Å². The quantitative estimate of drug-likeness (QED) is 0.252. The van der Waals surface area contributed by atoms with E-state index in [1.165, 1.54) is 7.11 Å². The molecule has 1 amide bonds. The van der Waals surface area contributed by atoms with E-state index in [2.05, 4.69) is 66.4 Å². The Labute approximate surface area is 200 Å². The Balaban J connectivity index is 1.46. The van der Waals surface area contributed by atoms with E-state index < -0.39 is 0 Å². The van der Waals surface area contributed by atoms with Gasteiger partial charge in [-0.05, 0) is 69.2 Å². The molecule has 5 aromatic rings. The molecule has 5 nitrogen and oxygen atoms in total. The summed E-state index contributed by atoms with van der Waals surface area (Å²) in [4.78, 5) is 17.5. The molecule has 0 aliphatic heterocycles. The number of fused-ring (bicyclic) bond motifs is 2. The van der Waals surface area contributed by atoms with Gasteiger partial charge in [-0.15, -0.1) is 0 Å². The van der Waals surface area contributed by atoms with Gasteiger partial charge < -0.3 is 14.5 Å². The molecule has 0 radical (unpaired) electrons. The lowest BCUT2D eigenvalue weighted by atomic mass is 10.1. The van der Waals surface area contributed by atoms with Gasteiger partial charge in [-0.2, -0.15) is 0 Å². The molecule has 4 aromatic carbocycles. The minimum absolute atomic E-state index is 0.290. The Kier molecular flexibility index (Phi) is 5.45. The van der Waals surface area contributed by atoms with Gasteiger partial charge in [-0.1, -0.05) is 46.3 Å². The van der Waals surface area contributed by atoms with Crippen molar-refractivity contribution in [3.63, 3.8) is 0 Å². The van der Waals surface area contributed by atoms with Crippen LogP contribution in [0.5, 0.6) is 5.75 Å². The van der Waals surface area contributed by atoms with E-state index in [4.69, 9.17) is 9.15 Å². The molecule has 1 aromatic heterocycles. The summed E-state index contributed by atoms with van der Waals surface area (Å²) >= 11 is 6.84. The van der Waals surface area contributed by atoms with Crippen LogP contribution in [-0.2, 0) is 0 Å². The summed E-state index contributed by atoms with van der Waals surface area (Å²) < 4.78 is 12.8. The van der Waals surface area contributed by atoms with E-state index in [9.17, 15) is 4.79 Å². The molecule has 5 rings (SSSR count). The number of anilines is 1. The van der Waals surface area contributed by atoms with Crippen molar-refractivity contribution in [3.8, 4) is 17.2 Å². The van der Waals surface area contributed by atoms with Gasteiger partial charge >= 0.3 is 0 Å². The zero-order valence-corrected chi connectivity index (χ0v) is 20.0. The SMILES string of the molecule is COc1c(Br)cc(Br)cc1C(=O)Nc1ccc2oc(-c3ccc4ccccc4c3)nc2c1. The zero-order valence-electron chi connectivity index (χ0n) is 16.9. The number of nitrogens with zero attached hydrogens (tertiary/aromatic N) is 1. The van der Waals surface area contributed by atoms with E-state index in [-0.39, 0.29) is 5.91 Å². The van der Waals surface area contributed by atoms with Gasteiger partial charge in [0.15, 0.2) is 5.58 Å². The number of amides is 1. The molecule has 1 heterocycles. The molecule has 0 saturated heterocycles. The number of nitrogens with one attached hydrogen (secondary N) is 1. The summed E-state index contributed by atoms with van der Waals surface area (Å²) in [6.07, 6.45) is 0. The highest BCUT2D eigenvalue weighted by atomic mass is 79.9. The topological polar surface area (TPSA) is 64.4 Å². The molecule has 158 valence electrons. The Morgan fingerprint density at radius 1 is 0.969 bits per heavy atom. The number of ether oxygens (including phenoxy) is 1. The lowest BCUT2D eigenvalue weighted by molar-refractivity contribution is 0.102. The zero-order chi connectivity index (χ0) is 22.2. The van der Waals surface area contributed by atoms with Crippen LogP contribution < -0.4 is 10.1 Å². The number of carbonyl (C=O) groups is 1. The van der Waals surface area contributed by atoms with Crippen molar-refractivity contribution in [1.82, 2.24) is 4.98 Å². The van der Waals surface area contributed by atoms with Gasteiger partial charge in [-0.25, -0.2) is 4.98 Å². The van der Waals surface area contributed by atoms with Crippen LogP contribution in [0.1, 0.15) is 10.4 Å². The largest absolute Gasteiger partial charge is 0.495 e. The van der Waals surface area contributed by atoms with Gasteiger partial charge in [0.25, 0.3) is 5.91 Å². The minimum Gasteiger partial charge on any atom is -0.495 e. The molecule has 1 N–H and O–H groups in total. The first-order valence-electron chi connectivity index (χ1n) is 9.76. The summed E-state index contributed by atoms with van der Waals surface area (Å²) in [7, 11) is 1.53. The molecule has 0 atom stereocenters. The van der Waals surface area contributed by atoms with Crippen LogP contribution in [0.4, 0.5) is 5.69 Å². The summed E-state index contributed by atoms with van der Waals surface area (Å²) in [6.45, 7) is 0. The number of aromatic nitrogens is 1. The first-order chi connectivity index (χ1) is 15.5. The summed E-state index contributed by atoms with van der Waals surface area (Å²) in [6, 6.07) is 23.2. The molecule has 0 spiro atoms. The lowest BCUT2D eigenvalue weighted by Crippen LogP contribution is -2.13. The second-order valence-corrected chi connectivity index (χ2v) is 8.96. The smallest absolute Gasteiger partial charge is 0.259 e. The standard InChI is InChI=1S/C25H16Br2N2O3/c1-31-23-19(11-17(26)12-20(23)27)24(30)28-18-8-9-22-21(13-18)29-25(32-22)16-7-6-14-4-2-3-5-15(14)10-16/h2-13H,1H3,(H,28,30). The van der Waals surface area contributed by atoms with Crippen molar-refractivity contribution in [2.45, 2.75) is 0 Å². The lowest BCUT2D eigenvalue weighted by Gasteiger charge is -2.11. The molecular weight excluding hydrogens is 536 g/mol. The molecule has 0 fully saturated rings. The number of hydrogen-bond acceptors (Lipinski definition) is 4. The molecular formula is C25H16Br2N2O3. The predicted octanol–water partition coefficient (Wildman–Crippen LogP) is 7.43. The Morgan fingerprint density at radius 3 is 2.59 bits per heavy atom. The maximum Gasteiger partial charge on any atom is 0.259 e. The first-order valence-corrected chi connectivity index (χ1v) is 11.3. The third-order valence-electron chi connectivity index (χ3n) is 5.10. The van der Waals surface area contributed by atoms with Crippen molar-refractivity contribution in [2.75, 3.05) is 12.4 Å². The number of benzene rings is 4. The highest BCUT2D eigenvalue weighted by molar-refractivity contribution is 9.11. The number of halogens is 2. The normalized spacial score (nSPS) is 11.1. The van der Waals surface area contributed by atoms with Crippen LogP contribution in [0.3, 0.4) is 0 Å². The van der Waals surface area contributed by atoms with Crippen molar-refractivity contribution in [2.24, 2.45) is 0 Å². The van der Waals surface area contributed by atoms with Crippen molar-refractivity contribution < 1.29 is 13.9 Å². The van der Waals surface area contributed by atoms with E-state index in [0.29, 0.717) is 38.5 Å². The molecule has 0 bridgehead atoms. The summed E-state index contributed by atoms with van der Waals surface area (Å²) in [5.41, 5.74) is 3.22. The van der Waals surface area contributed by atoms with Crippen molar-refractivity contribution in [1.29, 1.82) is 0 Å². The molecule has 0 unspecified atom stereocenters.